The molecule has 1 rings (SSSR count). The molecule has 2 N–H and O–H groups in total. The fourth-order valence-electron chi connectivity index (χ4n) is 1.87. The summed E-state index contributed by atoms with van der Waals surface area (Å²) in [6.07, 6.45) is 0. The largest absolute Gasteiger partial charge is 0.469 e. The van der Waals surface area contributed by atoms with Gasteiger partial charge in [0.15, 0.2) is 0 Å². The van der Waals surface area contributed by atoms with Crippen molar-refractivity contribution in [3.63, 3.8) is 0 Å². The number of benzene rings is 1. The molecule has 3 nitrogen and oxygen atoms in total. The fraction of sp³-hybridized carbons (Fsp3) is 0.500. The van der Waals surface area contributed by atoms with E-state index in [2.05, 4.69) is 0 Å². The van der Waals surface area contributed by atoms with E-state index in [1.807, 2.05) is 45.9 Å². The maximum Gasteiger partial charge on any atom is 0.313 e. The van der Waals surface area contributed by atoms with E-state index >= 15 is 0 Å². The molecule has 0 aromatic heterocycles. The van der Waals surface area contributed by atoms with Gasteiger partial charge in [-0.05, 0) is 38.8 Å². The number of hydrogen-bond acceptors (Lipinski definition) is 3. The van der Waals surface area contributed by atoms with Crippen LogP contribution >= 0.6 is 0 Å². The van der Waals surface area contributed by atoms with Gasteiger partial charge in [0, 0.05) is 6.04 Å². The minimum Gasteiger partial charge on any atom is -0.469 e. The number of ether oxygens (including phenoxy) is 1. The van der Waals surface area contributed by atoms with E-state index in [-0.39, 0.29) is 12.0 Å². The Bertz CT molecular complexity index is 424. The van der Waals surface area contributed by atoms with E-state index in [1.165, 1.54) is 7.11 Å². The first-order chi connectivity index (χ1) is 7.80. The second kappa shape index (κ2) is 4.88. The van der Waals surface area contributed by atoms with Crippen molar-refractivity contribution in [2.24, 2.45) is 11.1 Å². The SMILES string of the molecule is COC(=O)C(C)(C)C(N)c1cc(C)ccc1C. The van der Waals surface area contributed by atoms with Crippen LogP contribution in [0.5, 0.6) is 0 Å². The lowest BCUT2D eigenvalue weighted by Crippen LogP contribution is -2.37. The summed E-state index contributed by atoms with van der Waals surface area (Å²) >= 11 is 0. The maximum absolute atomic E-state index is 11.7. The van der Waals surface area contributed by atoms with Crippen molar-refractivity contribution in [1.82, 2.24) is 0 Å². The molecule has 0 aliphatic rings. The monoisotopic (exact) mass is 235 g/mol. The Morgan fingerprint density at radius 1 is 1.35 bits per heavy atom. The van der Waals surface area contributed by atoms with E-state index in [0.717, 1.165) is 16.7 Å². The smallest absolute Gasteiger partial charge is 0.313 e. The Labute approximate surface area is 103 Å². The van der Waals surface area contributed by atoms with Crippen LogP contribution in [0.2, 0.25) is 0 Å². The summed E-state index contributed by atoms with van der Waals surface area (Å²) in [7, 11) is 1.39. The van der Waals surface area contributed by atoms with Crippen molar-refractivity contribution in [1.29, 1.82) is 0 Å². The lowest BCUT2D eigenvalue weighted by atomic mass is 9.79. The molecule has 0 heterocycles. The molecule has 0 amide bonds. The molecule has 0 spiro atoms. The molecule has 0 aliphatic carbocycles. The molecule has 1 atom stereocenters. The second-order valence-electron chi connectivity index (χ2n) is 5.05. The minimum absolute atomic E-state index is 0.286. The first kappa shape index (κ1) is 13.7. The second-order valence-corrected chi connectivity index (χ2v) is 5.05. The minimum atomic E-state index is -0.729. The predicted octanol–water partition coefficient (Wildman–Crippen LogP) is 2.50. The molecule has 0 saturated carbocycles. The Morgan fingerprint density at radius 2 is 1.94 bits per heavy atom. The van der Waals surface area contributed by atoms with E-state index in [4.69, 9.17) is 10.5 Å². The van der Waals surface area contributed by atoms with Crippen LogP contribution in [0.1, 0.15) is 36.6 Å². The van der Waals surface area contributed by atoms with Crippen LogP contribution in [0.15, 0.2) is 18.2 Å². The molecule has 1 aromatic rings. The van der Waals surface area contributed by atoms with Crippen LogP contribution in [0.25, 0.3) is 0 Å². The number of methoxy groups -OCH3 is 1. The number of rotatable bonds is 3. The van der Waals surface area contributed by atoms with Gasteiger partial charge in [0.25, 0.3) is 0 Å². The van der Waals surface area contributed by atoms with E-state index in [1.54, 1.807) is 0 Å². The highest BCUT2D eigenvalue weighted by atomic mass is 16.5. The third-order valence-electron chi connectivity index (χ3n) is 3.26. The molecular weight excluding hydrogens is 214 g/mol. The molecular formula is C14H21NO2. The zero-order valence-corrected chi connectivity index (χ0v) is 11.2. The van der Waals surface area contributed by atoms with Crippen molar-refractivity contribution in [3.05, 3.63) is 34.9 Å². The first-order valence-electron chi connectivity index (χ1n) is 5.72. The molecule has 0 bridgehead atoms. The molecule has 1 unspecified atom stereocenters. The van der Waals surface area contributed by atoms with Gasteiger partial charge in [-0.1, -0.05) is 23.8 Å². The zero-order valence-electron chi connectivity index (χ0n) is 11.2. The van der Waals surface area contributed by atoms with Gasteiger partial charge >= 0.3 is 5.97 Å². The number of carbonyl (C=O) groups excluding carboxylic acids is 1. The number of nitrogens with two attached hydrogens (primary N) is 1. The first-order valence-corrected chi connectivity index (χ1v) is 5.72. The summed E-state index contributed by atoms with van der Waals surface area (Å²) in [6, 6.07) is 5.73. The normalized spacial score (nSPS) is 13.3. The average molecular weight is 235 g/mol. The third-order valence-corrected chi connectivity index (χ3v) is 3.26. The number of aryl methyl sites for hydroxylation is 2. The molecule has 0 saturated heterocycles. The molecule has 0 fully saturated rings. The van der Waals surface area contributed by atoms with Gasteiger partial charge in [-0.15, -0.1) is 0 Å². The van der Waals surface area contributed by atoms with Gasteiger partial charge in [-0.3, -0.25) is 4.79 Å². The summed E-state index contributed by atoms with van der Waals surface area (Å²) in [6.45, 7) is 7.64. The van der Waals surface area contributed by atoms with Crippen LogP contribution in [-0.4, -0.2) is 13.1 Å². The summed E-state index contributed by atoms with van der Waals surface area (Å²) in [5, 5.41) is 0. The molecule has 94 valence electrons. The van der Waals surface area contributed by atoms with Gasteiger partial charge in [0.1, 0.15) is 0 Å². The van der Waals surface area contributed by atoms with Crippen molar-refractivity contribution in [3.8, 4) is 0 Å². The molecule has 1 aromatic carbocycles. The molecule has 0 radical (unpaired) electrons. The zero-order chi connectivity index (χ0) is 13.2. The fourth-order valence-corrected chi connectivity index (χ4v) is 1.87. The lowest BCUT2D eigenvalue weighted by molar-refractivity contribution is -0.152. The van der Waals surface area contributed by atoms with Crippen LogP contribution in [0.3, 0.4) is 0 Å². The number of hydrogen-bond donors (Lipinski definition) is 1. The van der Waals surface area contributed by atoms with Gasteiger partial charge in [0.05, 0.1) is 12.5 Å². The third kappa shape index (κ3) is 2.67. The van der Waals surface area contributed by atoms with E-state index < -0.39 is 5.41 Å². The number of esters is 1. The average Bonchev–Trinajstić information content (AvgIpc) is 2.30. The van der Waals surface area contributed by atoms with E-state index in [9.17, 15) is 4.79 Å². The van der Waals surface area contributed by atoms with E-state index in [0.29, 0.717) is 0 Å². The highest BCUT2D eigenvalue weighted by Gasteiger charge is 2.37. The summed E-state index contributed by atoms with van der Waals surface area (Å²) in [4.78, 5) is 11.7. The maximum atomic E-state index is 11.7. The van der Waals surface area contributed by atoms with Gasteiger partial charge in [0.2, 0.25) is 0 Å². The Balaban J connectivity index is 3.15. The van der Waals surface area contributed by atoms with Crippen molar-refractivity contribution in [2.45, 2.75) is 33.7 Å². The van der Waals surface area contributed by atoms with Crippen LogP contribution < -0.4 is 5.73 Å². The van der Waals surface area contributed by atoms with Crippen LogP contribution in [0.4, 0.5) is 0 Å². The summed E-state index contributed by atoms with van der Waals surface area (Å²) in [5.74, 6) is -0.286. The van der Waals surface area contributed by atoms with Gasteiger partial charge in [-0.25, -0.2) is 0 Å². The van der Waals surface area contributed by atoms with Gasteiger partial charge in [-0.2, -0.15) is 0 Å². The highest BCUT2D eigenvalue weighted by molar-refractivity contribution is 5.77. The lowest BCUT2D eigenvalue weighted by Gasteiger charge is -2.30. The number of carbonyl (C=O) groups is 1. The predicted molar refractivity (Wildman–Crippen MR) is 68.6 cm³/mol. The van der Waals surface area contributed by atoms with Crippen LogP contribution in [-0.2, 0) is 9.53 Å². The van der Waals surface area contributed by atoms with Crippen molar-refractivity contribution >= 4 is 5.97 Å². The Kier molecular flexibility index (Phi) is 3.94. The van der Waals surface area contributed by atoms with Crippen molar-refractivity contribution < 1.29 is 9.53 Å². The quantitative estimate of drug-likeness (QED) is 0.819. The topological polar surface area (TPSA) is 52.3 Å². The van der Waals surface area contributed by atoms with Crippen molar-refractivity contribution in [2.75, 3.05) is 7.11 Å². The molecule has 3 heteroatoms. The molecule has 0 aliphatic heterocycles. The Morgan fingerprint density at radius 3 is 2.47 bits per heavy atom. The highest BCUT2D eigenvalue weighted by Crippen LogP contribution is 2.34. The van der Waals surface area contributed by atoms with Crippen LogP contribution in [0, 0.1) is 19.3 Å². The summed E-state index contributed by atoms with van der Waals surface area (Å²) in [5.41, 5.74) is 8.73. The standard InChI is InChI=1S/C14H21NO2/c1-9-6-7-10(2)11(8-9)12(15)14(3,4)13(16)17-5/h6-8,12H,15H2,1-5H3. The summed E-state index contributed by atoms with van der Waals surface area (Å²) < 4.78 is 4.81. The molecule has 17 heavy (non-hydrogen) atoms. The Hall–Kier alpha value is -1.35. The van der Waals surface area contributed by atoms with Gasteiger partial charge < -0.3 is 10.5 Å².